The van der Waals surface area contributed by atoms with Crippen LogP contribution in [-0.2, 0) is 0 Å². The molecule has 3 heteroatoms. The van der Waals surface area contributed by atoms with Gasteiger partial charge in [-0.05, 0) is 13.8 Å². The molecule has 2 N–H and O–H groups in total. The van der Waals surface area contributed by atoms with E-state index >= 15 is 0 Å². The van der Waals surface area contributed by atoms with Crippen LogP contribution in [0.25, 0.3) is 0 Å². The Bertz CT molecular complexity index is 60.7. The summed E-state index contributed by atoms with van der Waals surface area (Å²) in [5.41, 5.74) is 1.81. The third-order valence-corrected chi connectivity index (χ3v) is 0.430. The topological polar surface area (TPSA) is 44.6 Å². The van der Waals surface area contributed by atoms with E-state index in [1.807, 2.05) is 19.3 Å². The van der Waals surface area contributed by atoms with Gasteiger partial charge in [-0.3, -0.25) is 15.7 Å². The van der Waals surface area contributed by atoms with Gasteiger partial charge in [0.15, 0.2) is 0 Å². The second kappa shape index (κ2) is 3.61. The van der Waals surface area contributed by atoms with Crippen molar-refractivity contribution in [2.24, 2.45) is 4.99 Å². The van der Waals surface area contributed by atoms with Crippen molar-refractivity contribution in [1.82, 2.24) is 5.48 Å². The van der Waals surface area contributed by atoms with Crippen molar-refractivity contribution in [3.05, 3.63) is 0 Å². The Labute approximate surface area is 43.0 Å². The van der Waals surface area contributed by atoms with E-state index in [0.717, 1.165) is 0 Å². The third-order valence-electron chi connectivity index (χ3n) is 0.430. The minimum Gasteiger partial charge on any atom is -0.290 e. The molecule has 0 bridgehead atoms. The first-order valence-corrected chi connectivity index (χ1v) is 2.18. The predicted molar refractivity (Wildman–Crippen MR) is 28.6 cm³/mol. The van der Waals surface area contributed by atoms with E-state index in [1.54, 1.807) is 0 Å². The van der Waals surface area contributed by atoms with E-state index in [1.165, 1.54) is 6.34 Å². The summed E-state index contributed by atoms with van der Waals surface area (Å²) in [5.74, 6) is 0. The Morgan fingerprint density at radius 2 is 2.29 bits per heavy atom. The highest BCUT2D eigenvalue weighted by Gasteiger charge is 1.78. The molecule has 0 saturated carbocycles. The van der Waals surface area contributed by atoms with Crippen LogP contribution in [0.15, 0.2) is 4.99 Å². The summed E-state index contributed by atoms with van der Waals surface area (Å²) in [7, 11) is 0. The second-order valence-electron chi connectivity index (χ2n) is 1.50. The molecule has 3 nitrogen and oxygen atoms in total. The lowest BCUT2D eigenvalue weighted by Gasteiger charge is -1.90. The first-order valence-electron chi connectivity index (χ1n) is 2.18. The normalized spacial score (nSPS) is 10.9. The summed E-state index contributed by atoms with van der Waals surface area (Å²) in [6.45, 7) is 3.85. The van der Waals surface area contributed by atoms with Crippen molar-refractivity contribution < 1.29 is 5.21 Å². The lowest BCUT2D eigenvalue weighted by atomic mass is 10.4. The molecule has 0 aliphatic heterocycles. The van der Waals surface area contributed by atoms with Gasteiger partial charge in [-0.15, -0.1) is 0 Å². The first-order chi connectivity index (χ1) is 3.27. The molecule has 0 fully saturated rings. The monoisotopic (exact) mass is 102 g/mol. The molecular weight excluding hydrogens is 92.1 g/mol. The summed E-state index contributed by atoms with van der Waals surface area (Å²) >= 11 is 0. The van der Waals surface area contributed by atoms with Crippen LogP contribution in [-0.4, -0.2) is 17.6 Å². The largest absolute Gasteiger partial charge is 0.290 e. The van der Waals surface area contributed by atoms with E-state index < -0.39 is 0 Å². The smallest absolute Gasteiger partial charge is 0.107 e. The van der Waals surface area contributed by atoms with Crippen molar-refractivity contribution >= 4 is 6.34 Å². The highest BCUT2D eigenvalue weighted by molar-refractivity contribution is 5.52. The Morgan fingerprint density at radius 1 is 1.71 bits per heavy atom. The van der Waals surface area contributed by atoms with Gasteiger partial charge in [0.2, 0.25) is 0 Å². The lowest BCUT2D eigenvalue weighted by Crippen LogP contribution is -2.04. The van der Waals surface area contributed by atoms with E-state index in [2.05, 4.69) is 4.99 Å². The molecular formula is C4H10N2O. The van der Waals surface area contributed by atoms with Gasteiger partial charge in [0, 0.05) is 6.04 Å². The molecule has 0 aliphatic carbocycles. The minimum atomic E-state index is 0.250. The van der Waals surface area contributed by atoms with Crippen molar-refractivity contribution in [3.8, 4) is 0 Å². The van der Waals surface area contributed by atoms with Crippen LogP contribution in [0.3, 0.4) is 0 Å². The maximum absolute atomic E-state index is 7.92. The molecule has 0 unspecified atom stereocenters. The number of aliphatic imine (C=N–C) groups is 1. The van der Waals surface area contributed by atoms with Gasteiger partial charge < -0.3 is 0 Å². The number of nitrogens with zero attached hydrogens (tertiary/aromatic N) is 1. The fourth-order valence-electron chi connectivity index (χ4n) is 0.182. The van der Waals surface area contributed by atoms with Crippen molar-refractivity contribution in [2.45, 2.75) is 19.9 Å². The van der Waals surface area contributed by atoms with Gasteiger partial charge in [0.1, 0.15) is 6.34 Å². The highest BCUT2D eigenvalue weighted by atomic mass is 16.5. The number of hydrogen-bond acceptors (Lipinski definition) is 2. The van der Waals surface area contributed by atoms with Crippen LogP contribution < -0.4 is 5.48 Å². The Hall–Kier alpha value is -0.570. The van der Waals surface area contributed by atoms with E-state index in [-0.39, 0.29) is 6.04 Å². The summed E-state index contributed by atoms with van der Waals surface area (Å²) in [5, 5.41) is 7.92. The number of hydroxylamine groups is 1. The highest BCUT2D eigenvalue weighted by Crippen LogP contribution is 1.79. The van der Waals surface area contributed by atoms with Crippen molar-refractivity contribution in [2.75, 3.05) is 0 Å². The Kier molecular flexibility index (Phi) is 3.32. The molecule has 42 valence electrons. The van der Waals surface area contributed by atoms with E-state index in [9.17, 15) is 0 Å². The lowest BCUT2D eigenvalue weighted by molar-refractivity contribution is 0.239. The Morgan fingerprint density at radius 3 is 2.43 bits per heavy atom. The average molecular weight is 102 g/mol. The molecule has 7 heavy (non-hydrogen) atoms. The van der Waals surface area contributed by atoms with Crippen LogP contribution in [0.2, 0.25) is 0 Å². The maximum atomic E-state index is 7.92. The third kappa shape index (κ3) is 5.43. The fourth-order valence-corrected chi connectivity index (χ4v) is 0.182. The number of rotatable bonds is 2. The molecule has 0 heterocycles. The molecule has 0 radical (unpaired) electrons. The van der Waals surface area contributed by atoms with Crippen LogP contribution in [0.4, 0.5) is 0 Å². The standard InChI is InChI=1S/C4H10N2O/c1-4(2)5-3-6-7/h3-4,7H,1-2H3,(H,5,6). The summed E-state index contributed by atoms with van der Waals surface area (Å²) in [6.07, 6.45) is 1.25. The van der Waals surface area contributed by atoms with E-state index in [0.29, 0.717) is 0 Å². The van der Waals surface area contributed by atoms with Crippen LogP contribution >= 0.6 is 0 Å². The first kappa shape index (κ1) is 6.43. The molecule has 0 saturated heterocycles. The van der Waals surface area contributed by atoms with Crippen LogP contribution in [0, 0.1) is 0 Å². The molecule has 0 rings (SSSR count). The van der Waals surface area contributed by atoms with Crippen LogP contribution in [0.1, 0.15) is 13.8 Å². The average Bonchev–Trinajstić information content (AvgIpc) is 1.61. The van der Waals surface area contributed by atoms with Gasteiger partial charge in [0.25, 0.3) is 0 Å². The SMILES string of the molecule is CC(C)N=CNO. The van der Waals surface area contributed by atoms with Gasteiger partial charge >= 0.3 is 0 Å². The van der Waals surface area contributed by atoms with E-state index in [4.69, 9.17) is 5.21 Å². The minimum absolute atomic E-state index is 0.250. The van der Waals surface area contributed by atoms with Gasteiger partial charge in [-0.1, -0.05) is 0 Å². The molecule has 0 aromatic heterocycles. The number of nitrogens with one attached hydrogen (secondary N) is 1. The van der Waals surface area contributed by atoms with Gasteiger partial charge in [0.05, 0.1) is 0 Å². The van der Waals surface area contributed by atoms with Crippen LogP contribution in [0.5, 0.6) is 0 Å². The number of hydrogen-bond donors (Lipinski definition) is 2. The van der Waals surface area contributed by atoms with Crippen molar-refractivity contribution in [1.29, 1.82) is 0 Å². The molecule has 0 aromatic rings. The summed E-state index contributed by atoms with van der Waals surface area (Å²) in [6, 6.07) is 0.250. The molecule has 0 atom stereocenters. The molecule has 0 spiro atoms. The summed E-state index contributed by atoms with van der Waals surface area (Å²) in [4.78, 5) is 3.76. The zero-order chi connectivity index (χ0) is 5.70. The molecule has 0 amide bonds. The molecule has 0 aliphatic rings. The second-order valence-corrected chi connectivity index (χ2v) is 1.50. The zero-order valence-electron chi connectivity index (χ0n) is 4.55. The Balaban J connectivity index is 3.08. The van der Waals surface area contributed by atoms with Gasteiger partial charge in [-0.25, -0.2) is 0 Å². The quantitative estimate of drug-likeness (QED) is 0.301. The fraction of sp³-hybridized carbons (Fsp3) is 0.750. The zero-order valence-corrected chi connectivity index (χ0v) is 4.55. The predicted octanol–water partition coefficient (Wildman–Crippen LogP) is 0.402. The maximum Gasteiger partial charge on any atom is 0.107 e. The molecule has 0 aromatic carbocycles. The summed E-state index contributed by atoms with van der Waals surface area (Å²) < 4.78 is 0. The van der Waals surface area contributed by atoms with Gasteiger partial charge in [-0.2, -0.15) is 0 Å². The van der Waals surface area contributed by atoms with Crippen molar-refractivity contribution in [3.63, 3.8) is 0 Å².